The zero-order chi connectivity index (χ0) is 13.6. The Morgan fingerprint density at radius 1 is 0.789 bits per heavy atom. The minimum absolute atomic E-state index is 0.463. The van der Waals surface area contributed by atoms with Crippen LogP contribution in [0.1, 0.15) is 31.8 Å². The fourth-order valence-corrected chi connectivity index (χ4v) is 2.69. The van der Waals surface area contributed by atoms with E-state index in [1.807, 2.05) is 12.1 Å². The second kappa shape index (κ2) is 4.48. The average Bonchev–Trinajstić information content (AvgIpc) is 2.74. The van der Waals surface area contributed by atoms with E-state index in [-0.39, 0.29) is 0 Å². The fraction of sp³-hybridized carbons (Fsp3) is 0.0667. The monoisotopic (exact) mass is 290 g/mol. The first kappa shape index (κ1) is 12.4. The van der Waals surface area contributed by atoms with Gasteiger partial charge in [-0.25, -0.2) is 0 Å². The Hall–Kier alpha value is -1.64. The molecule has 0 spiro atoms. The van der Waals surface area contributed by atoms with Crippen LogP contribution in [0.15, 0.2) is 36.4 Å². The van der Waals surface area contributed by atoms with Gasteiger partial charge in [0, 0.05) is 11.1 Å². The lowest BCUT2D eigenvalue weighted by molar-refractivity contribution is 0.107. The van der Waals surface area contributed by atoms with E-state index in [2.05, 4.69) is 0 Å². The van der Waals surface area contributed by atoms with Crippen molar-refractivity contribution in [3.05, 3.63) is 58.7 Å². The van der Waals surface area contributed by atoms with Crippen LogP contribution < -0.4 is 0 Å². The van der Waals surface area contributed by atoms with Crippen molar-refractivity contribution in [2.45, 2.75) is 6.42 Å². The van der Waals surface area contributed by atoms with E-state index in [4.69, 9.17) is 23.2 Å². The van der Waals surface area contributed by atoms with E-state index >= 15 is 0 Å². The molecular formula is C15H8Cl2O2. The molecule has 0 unspecified atom stereocenters. The molecule has 0 saturated heterocycles. The molecule has 0 aromatic heterocycles. The summed E-state index contributed by atoms with van der Waals surface area (Å²) < 4.78 is 0. The lowest BCUT2D eigenvalue weighted by Gasteiger charge is -2.02. The zero-order valence-electron chi connectivity index (χ0n) is 9.74. The number of benzene rings is 2. The smallest absolute Gasteiger partial charge is 0.252 e. The maximum atomic E-state index is 11.2. The Balaban J connectivity index is 2.10. The first-order valence-corrected chi connectivity index (χ1v) is 6.48. The van der Waals surface area contributed by atoms with Crippen molar-refractivity contribution in [3.63, 3.8) is 0 Å². The molecule has 0 amide bonds. The third-order valence-corrected chi connectivity index (χ3v) is 3.77. The van der Waals surface area contributed by atoms with Gasteiger partial charge in [0.1, 0.15) is 0 Å². The molecule has 94 valence electrons. The molecular weight excluding hydrogens is 283 g/mol. The van der Waals surface area contributed by atoms with Gasteiger partial charge >= 0.3 is 0 Å². The third kappa shape index (κ3) is 2.07. The molecule has 2 nitrogen and oxygen atoms in total. The van der Waals surface area contributed by atoms with Crippen LogP contribution in [0.25, 0.3) is 11.1 Å². The molecule has 1 aliphatic rings. The van der Waals surface area contributed by atoms with Gasteiger partial charge < -0.3 is 0 Å². The molecule has 4 heteroatoms. The van der Waals surface area contributed by atoms with E-state index < -0.39 is 10.5 Å². The summed E-state index contributed by atoms with van der Waals surface area (Å²) in [5, 5.41) is -0.925. The van der Waals surface area contributed by atoms with E-state index in [9.17, 15) is 9.59 Å². The molecule has 1 aliphatic carbocycles. The molecule has 2 aromatic rings. The zero-order valence-corrected chi connectivity index (χ0v) is 11.3. The van der Waals surface area contributed by atoms with Crippen molar-refractivity contribution >= 4 is 33.7 Å². The summed E-state index contributed by atoms with van der Waals surface area (Å²) >= 11 is 11.0. The Bertz CT molecular complexity index is 659. The van der Waals surface area contributed by atoms with Crippen molar-refractivity contribution in [1.29, 1.82) is 0 Å². The number of rotatable bonds is 2. The van der Waals surface area contributed by atoms with Crippen LogP contribution >= 0.6 is 23.2 Å². The van der Waals surface area contributed by atoms with Crippen molar-refractivity contribution < 1.29 is 9.59 Å². The number of fused-ring (bicyclic) bond motifs is 3. The first-order chi connectivity index (χ1) is 9.06. The molecule has 0 fully saturated rings. The maximum Gasteiger partial charge on any atom is 0.252 e. The topological polar surface area (TPSA) is 34.1 Å². The highest BCUT2D eigenvalue weighted by molar-refractivity contribution is 6.68. The van der Waals surface area contributed by atoms with Gasteiger partial charge in [-0.05, 0) is 76.1 Å². The second-order valence-electron chi connectivity index (χ2n) is 4.47. The number of hydrogen-bond donors (Lipinski definition) is 0. The summed E-state index contributed by atoms with van der Waals surface area (Å²) in [4.78, 5) is 22.3. The average molecular weight is 291 g/mol. The van der Waals surface area contributed by atoms with Crippen molar-refractivity contribution in [2.24, 2.45) is 0 Å². The number of carbonyl (C=O) groups is 2. The van der Waals surface area contributed by atoms with Crippen molar-refractivity contribution in [3.8, 4) is 11.1 Å². The predicted molar refractivity (Wildman–Crippen MR) is 75.1 cm³/mol. The highest BCUT2D eigenvalue weighted by atomic mass is 35.5. The van der Waals surface area contributed by atoms with Crippen LogP contribution in [0, 0.1) is 0 Å². The van der Waals surface area contributed by atoms with Gasteiger partial charge in [-0.15, -0.1) is 0 Å². The van der Waals surface area contributed by atoms with Crippen molar-refractivity contribution in [1.82, 2.24) is 0 Å². The summed E-state index contributed by atoms with van der Waals surface area (Å²) in [6.45, 7) is 0. The highest BCUT2D eigenvalue weighted by Gasteiger charge is 2.20. The van der Waals surface area contributed by atoms with Crippen LogP contribution in [0.4, 0.5) is 0 Å². The normalized spacial score (nSPS) is 11.9. The largest absolute Gasteiger partial charge is 0.276 e. The van der Waals surface area contributed by atoms with Gasteiger partial charge in [-0.3, -0.25) is 9.59 Å². The minimum atomic E-state index is -0.463. The van der Waals surface area contributed by atoms with Crippen LogP contribution in [0.5, 0.6) is 0 Å². The minimum Gasteiger partial charge on any atom is -0.276 e. The standard InChI is InChI=1S/C15H8Cl2O2/c16-14(18)8-1-3-12-10(5-8)7-11-6-9(15(17)19)2-4-13(11)12/h1-6H,7H2. The van der Waals surface area contributed by atoms with Crippen LogP contribution in [-0.2, 0) is 6.42 Å². The highest BCUT2D eigenvalue weighted by Crippen LogP contribution is 2.37. The molecule has 0 aliphatic heterocycles. The Morgan fingerprint density at radius 2 is 1.21 bits per heavy atom. The van der Waals surface area contributed by atoms with Gasteiger partial charge in [-0.1, -0.05) is 12.1 Å². The maximum absolute atomic E-state index is 11.2. The van der Waals surface area contributed by atoms with Crippen LogP contribution in [0.3, 0.4) is 0 Å². The lowest BCUT2D eigenvalue weighted by atomic mass is 10.0. The van der Waals surface area contributed by atoms with Crippen LogP contribution in [0.2, 0.25) is 0 Å². The lowest BCUT2D eigenvalue weighted by Crippen LogP contribution is -1.91. The van der Waals surface area contributed by atoms with Crippen molar-refractivity contribution in [2.75, 3.05) is 0 Å². The fourth-order valence-electron chi connectivity index (χ4n) is 2.46. The molecule has 0 radical (unpaired) electrons. The Labute approximate surface area is 120 Å². The summed E-state index contributed by atoms with van der Waals surface area (Å²) in [5.41, 5.74) is 5.21. The summed E-state index contributed by atoms with van der Waals surface area (Å²) in [6, 6.07) is 10.8. The second-order valence-corrected chi connectivity index (χ2v) is 5.15. The Morgan fingerprint density at radius 3 is 1.58 bits per heavy atom. The Kier molecular flexibility index (Phi) is 2.92. The molecule has 0 saturated carbocycles. The summed E-state index contributed by atoms with van der Waals surface area (Å²) in [6.07, 6.45) is 0.681. The van der Waals surface area contributed by atoms with Gasteiger partial charge in [0.15, 0.2) is 0 Å². The van der Waals surface area contributed by atoms with E-state index in [0.29, 0.717) is 17.5 Å². The third-order valence-electron chi connectivity index (χ3n) is 3.34. The first-order valence-electron chi connectivity index (χ1n) is 5.72. The molecule has 0 atom stereocenters. The van der Waals surface area contributed by atoms with Gasteiger partial charge in [0.05, 0.1) is 0 Å². The predicted octanol–water partition coefficient (Wildman–Crippen LogP) is 4.02. The molecule has 0 heterocycles. The van der Waals surface area contributed by atoms with E-state index in [1.165, 1.54) is 0 Å². The van der Waals surface area contributed by atoms with Gasteiger partial charge in [0.25, 0.3) is 10.5 Å². The molecule has 2 aromatic carbocycles. The van der Waals surface area contributed by atoms with Gasteiger partial charge in [-0.2, -0.15) is 0 Å². The number of halogens is 2. The van der Waals surface area contributed by atoms with E-state index in [1.54, 1.807) is 24.3 Å². The van der Waals surface area contributed by atoms with Gasteiger partial charge in [0.2, 0.25) is 0 Å². The molecule has 0 bridgehead atoms. The molecule has 3 rings (SSSR count). The quantitative estimate of drug-likeness (QED) is 0.668. The number of hydrogen-bond acceptors (Lipinski definition) is 2. The summed E-state index contributed by atoms with van der Waals surface area (Å²) in [7, 11) is 0. The summed E-state index contributed by atoms with van der Waals surface area (Å²) in [5.74, 6) is 0. The van der Waals surface area contributed by atoms with E-state index in [0.717, 1.165) is 22.3 Å². The molecule has 0 N–H and O–H groups in total. The molecule has 19 heavy (non-hydrogen) atoms. The number of carbonyl (C=O) groups excluding carboxylic acids is 2. The SMILES string of the molecule is O=C(Cl)c1ccc2c(c1)Cc1cc(C(=O)Cl)ccc1-2. The van der Waals surface area contributed by atoms with Crippen LogP contribution in [-0.4, -0.2) is 10.5 Å².